The van der Waals surface area contributed by atoms with Crippen molar-refractivity contribution in [3.8, 4) is 0 Å². The molecule has 0 fully saturated rings. The van der Waals surface area contributed by atoms with Crippen LogP contribution < -0.4 is 5.32 Å². The van der Waals surface area contributed by atoms with Crippen LogP contribution in [0.25, 0.3) is 0 Å². The Morgan fingerprint density at radius 1 is 1.40 bits per heavy atom. The first-order valence-corrected chi connectivity index (χ1v) is 6.94. The molecule has 0 radical (unpaired) electrons. The van der Waals surface area contributed by atoms with Gasteiger partial charge in [-0.15, -0.1) is 0 Å². The van der Waals surface area contributed by atoms with Crippen molar-refractivity contribution in [3.63, 3.8) is 0 Å². The number of hydrogen-bond acceptors (Lipinski definition) is 3. The van der Waals surface area contributed by atoms with E-state index in [1.807, 2.05) is 24.7 Å². The van der Waals surface area contributed by atoms with Crippen LogP contribution in [0.5, 0.6) is 0 Å². The highest BCUT2D eigenvalue weighted by atomic mass is 35.5. The van der Waals surface area contributed by atoms with Crippen LogP contribution >= 0.6 is 11.6 Å². The maximum Gasteiger partial charge on any atom is 0.222 e. The zero-order valence-electron chi connectivity index (χ0n) is 11.6. The van der Waals surface area contributed by atoms with Gasteiger partial charge in [0, 0.05) is 31.3 Å². The fourth-order valence-electron chi connectivity index (χ4n) is 1.82. The number of carbonyl (C=O) groups excluding carboxylic acids is 1. The van der Waals surface area contributed by atoms with Crippen LogP contribution in [0.3, 0.4) is 0 Å². The number of carbonyl (C=O) groups is 1. The molecular weight excluding hydrogens is 278 g/mol. The third-order valence-corrected chi connectivity index (χ3v) is 3.47. The Labute approximate surface area is 122 Å². The number of amides is 1. The standard InChI is InChI=1S/C13H18ClN5O/c1-3-18-9-11(7-16-18)6-15-13(20)4-5-19-10(2)12(14)8-17-19/h7-9H,3-6H2,1-2H3,(H,15,20). The van der Waals surface area contributed by atoms with Crippen molar-refractivity contribution in [2.75, 3.05) is 0 Å². The van der Waals surface area contributed by atoms with E-state index in [-0.39, 0.29) is 5.91 Å². The Morgan fingerprint density at radius 3 is 2.80 bits per heavy atom. The summed E-state index contributed by atoms with van der Waals surface area (Å²) in [6, 6.07) is 0. The second-order valence-electron chi connectivity index (χ2n) is 4.53. The number of nitrogens with one attached hydrogen (secondary N) is 1. The summed E-state index contributed by atoms with van der Waals surface area (Å²) in [7, 11) is 0. The molecule has 0 aliphatic carbocycles. The lowest BCUT2D eigenvalue weighted by molar-refractivity contribution is -0.121. The largest absolute Gasteiger partial charge is 0.352 e. The molecule has 0 saturated carbocycles. The molecule has 2 aromatic heterocycles. The molecule has 2 aromatic rings. The number of aromatic nitrogens is 4. The second kappa shape index (κ2) is 6.56. The minimum Gasteiger partial charge on any atom is -0.352 e. The van der Waals surface area contributed by atoms with Crippen LogP contribution in [0.15, 0.2) is 18.6 Å². The molecule has 0 saturated heterocycles. The minimum absolute atomic E-state index is 0.0136. The first-order chi connectivity index (χ1) is 9.60. The van der Waals surface area contributed by atoms with E-state index in [2.05, 4.69) is 15.5 Å². The van der Waals surface area contributed by atoms with Crippen molar-refractivity contribution in [2.45, 2.75) is 39.9 Å². The van der Waals surface area contributed by atoms with Crippen molar-refractivity contribution in [2.24, 2.45) is 0 Å². The predicted molar refractivity (Wildman–Crippen MR) is 76.3 cm³/mol. The van der Waals surface area contributed by atoms with Crippen molar-refractivity contribution in [1.29, 1.82) is 0 Å². The molecule has 20 heavy (non-hydrogen) atoms. The summed E-state index contributed by atoms with van der Waals surface area (Å²) in [4.78, 5) is 11.8. The lowest BCUT2D eigenvalue weighted by Gasteiger charge is -2.05. The van der Waals surface area contributed by atoms with Crippen LogP contribution in [-0.2, 0) is 24.4 Å². The van der Waals surface area contributed by atoms with E-state index in [0.717, 1.165) is 17.8 Å². The van der Waals surface area contributed by atoms with Gasteiger partial charge in [-0.3, -0.25) is 14.2 Å². The van der Waals surface area contributed by atoms with Gasteiger partial charge in [-0.05, 0) is 13.8 Å². The van der Waals surface area contributed by atoms with E-state index in [4.69, 9.17) is 11.6 Å². The second-order valence-corrected chi connectivity index (χ2v) is 4.94. The highest BCUT2D eigenvalue weighted by molar-refractivity contribution is 6.31. The number of halogens is 1. The van der Waals surface area contributed by atoms with Gasteiger partial charge in [0.15, 0.2) is 0 Å². The van der Waals surface area contributed by atoms with E-state index < -0.39 is 0 Å². The topological polar surface area (TPSA) is 64.7 Å². The Kier molecular flexibility index (Phi) is 4.79. The highest BCUT2D eigenvalue weighted by Gasteiger charge is 2.07. The fourth-order valence-corrected chi connectivity index (χ4v) is 1.96. The average Bonchev–Trinajstić information content (AvgIpc) is 3.03. The predicted octanol–water partition coefficient (Wildman–Crippen LogP) is 1.77. The van der Waals surface area contributed by atoms with Gasteiger partial charge in [-0.2, -0.15) is 10.2 Å². The maximum atomic E-state index is 11.8. The van der Waals surface area contributed by atoms with Gasteiger partial charge in [-0.25, -0.2) is 0 Å². The minimum atomic E-state index is -0.0136. The number of nitrogens with zero attached hydrogens (tertiary/aromatic N) is 4. The SMILES string of the molecule is CCn1cc(CNC(=O)CCn2ncc(Cl)c2C)cn1. The Hall–Kier alpha value is -1.82. The average molecular weight is 296 g/mol. The van der Waals surface area contributed by atoms with Gasteiger partial charge in [0.2, 0.25) is 5.91 Å². The summed E-state index contributed by atoms with van der Waals surface area (Å²) in [5, 5.41) is 11.8. The Morgan fingerprint density at radius 2 is 2.20 bits per heavy atom. The summed E-state index contributed by atoms with van der Waals surface area (Å²) in [5.74, 6) is -0.0136. The molecule has 0 aliphatic heterocycles. The molecule has 0 aromatic carbocycles. The zero-order valence-corrected chi connectivity index (χ0v) is 12.4. The van der Waals surface area contributed by atoms with Crippen molar-refractivity contribution >= 4 is 17.5 Å². The van der Waals surface area contributed by atoms with Gasteiger partial charge < -0.3 is 5.32 Å². The number of hydrogen-bond donors (Lipinski definition) is 1. The van der Waals surface area contributed by atoms with Crippen molar-refractivity contribution in [1.82, 2.24) is 24.9 Å². The van der Waals surface area contributed by atoms with Gasteiger partial charge in [0.1, 0.15) is 0 Å². The van der Waals surface area contributed by atoms with Gasteiger partial charge >= 0.3 is 0 Å². The normalized spacial score (nSPS) is 10.8. The van der Waals surface area contributed by atoms with Crippen LogP contribution in [0.4, 0.5) is 0 Å². The van der Waals surface area contributed by atoms with Gasteiger partial charge in [0.25, 0.3) is 0 Å². The molecule has 0 bridgehead atoms. The molecule has 0 spiro atoms. The quantitative estimate of drug-likeness (QED) is 0.883. The van der Waals surface area contributed by atoms with E-state index >= 15 is 0 Å². The molecule has 7 heteroatoms. The molecule has 0 atom stereocenters. The van der Waals surface area contributed by atoms with E-state index in [0.29, 0.717) is 24.5 Å². The van der Waals surface area contributed by atoms with E-state index in [1.54, 1.807) is 17.1 Å². The third kappa shape index (κ3) is 3.60. The fraction of sp³-hybridized carbons (Fsp3) is 0.462. The van der Waals surface area contributed by atoms with E-state index in [9.17, 15) is 4.79 Å². The van der Waals surface area contributed by atoms with Crippen LogP contribution in [0.1, 0.15) is 24.6 Å². The molecule has 6 nitrogen and oxygen atoms in total. The molecule has 2 heterocycles. The Balaban J connectivity index is 1.77. The zero-order chi connectivity index (χ0) is 14.5. The van der Waals surface area contributed by atoms with Gasteiger partial charge in [-0.1, -0.05) is 11.6 Å². The lowest BCUT2D eigenvalue weighted by atomic mass is 10.3. The first-order valence-electron chi connectivity index (χ1n) is 6.56. The monoisotopic (exact) mass is 295 g/mol. The molecule has 1 N–H and O–H groups in total. The van der Waals surface area contributed by atoms with Crippen molar-refractivity contribution in [3.05, 3.63) is 34.9 Å². The summed E-state index contributed by atoms with van der Waals surface area (Å²) in [5.41, 5.74) is 1.88. The summed E-state index contributed by atoms with van der Waals surface area (Å²) in [6.07, 6.45) is 5.66. The molecule has 0 unspecified atom stereocenters. The summed E-state index contributed by atoms with van der Waals surface area (Å²) < 4.78 is 3.56. The molecular formula is C13H18ClN5O. The van der Waals surface area contributed by atoms with Crippen LogP contribution in [-0.4, -0.2) is 25.5 Å². The summed E-state index contributed by atoms with van der Waals surface area (Å²) in [6.45, 7) is 5.75. The maximum absolute atomic E-state index is 11.8. The highest BCUT2D eigenvalue weighted by Crippen LogP contribution is 2.13. The number of aryl methyl sites for hydroxylation is 2. The molecule has 108 valence electrons. The molecule has 1 amide bonds. The smallest absolute Gasteiger partial charge is 0.222 e. The van der Waals surface area contributed by atoms with Crippen LogP contribution in [0, 0.1) is 6.92 Å². The third-order valence-electron chi connectivity index (χ3n) is 3.09. The van der Waals surface area contributed by atoms with Crippen molar-refractivity contribution < 1.29 is 4.79 Å². The summed E-state index contributed by atoms with van der Waals surface area (Å²) >= 11 is 5.91. The number of rotatable bonds is 6. The lowest BCUT2D eigenvalue weighted by Crippen LogP contribution is -2.24. The first kappa shape index (κ1) is 14.6. The van der Waals surface area contributed by atoms with Crippen LogP contribution in [0.2, 0.25) is 5.02 Å². The Bertz CT molecular complexity index is 589. The molecule has 2 rings (SSSR count). The molecule has 0 aliphatic rings. The van der Waals surface area contributed by atoms with Gasteiger partial charge in [0.05, 0.1) is 29.7 Å². The van der Waals surface area contributed by atoms with E-state index in [1.165, 1.54) is 0 Å².